The number of nitrogens with zero attached hydrogens (tertiary/aromatic N) is 1. The topological polar surface area (TPSA) is 77.5 Å². The van der Waals surface area contributed by atoms with Gasteiger partial charge in [-0.15, -0.1) is 11.3 Å². The number of anilines is 1. The highest BCUT2D eigenvalue weighted by molar-refractivity contribution is 7.15. The fraction of sp³-hybridized carbons (Fsp3) is 0.450. The second kappa shape index (κ2) is 8.99. The third kappa shape index (κ3) is 5.07. The molecule has 27 heavy (non-hydrogen) atoms. The molecule has 1 unspecified atom stereocenters. The van der Waals surface area contributed by atoms with E-state index in [1.165, 1.54) is 11.3 Å². The molecule has 0 saturated heterocycles. The largest absolute Gasteiger partial charge is 0.494 e. The van der Waals surface area contributed by atoms with Gasteiger partial charge in [-0.3, -0.25) is 9.59 Å². The lowest BCUT2D eigenvalue weighted by Gasteiger charge is -2.18. The molecule has 1 aromatic heterocycles. The smallest absolute Gasteiger partial charge is 0.309 e. The Bertz CT molecular complexity index is 801. The predicted octanol–water partition coefficient (Wildman–Crippen LogP) is 3.39. The summed E-state index contributed by atoms with van der Waals surface area (Å²) in [4.78, 5) is 29.8. The molecule has 1 amide bonds. The second-order valence-electron chi connectivity index (χ2n) is 6.38. The molecular weight excluding hydrogens is 364 g/mol. The van der Waals surface area contributed by atoms with E-state index in [2.05, 4.69) is 10.3 Å². The molecule has 2 aromatic rings. The fourth-order valence-electron chi connectivity index (χ4n) is 3.11. The number of carbonyl (C=O) groups is 2. The van der Waals surface area contributed by atoms with Crippen LogP contribution < -0.4 is 10.1 Å². The molecule has 1 aromatic carbocycles. The van der Waals surface area contributed by atoms with Crippen molar-refractivity contribution in [2.75, 3.05) is 18.5 Å². The van der Waals surface area contributed by atoms with Crippen LogP contribution in [0.25, 0.3) is 0 Å². The maximum Gasteiger partial charge on any atom is 0.309 e. The molecule has 7 heteroatoms. The zero-order valence-corrected chi connectivity index (χ0v) is 16.4. The third-order valence-electron chi connectivity index (χ3n) is 4.40. The summed E-state index contributed by atoms with van der Waals surface area (Å²) in [6.45, 7) is 4.77. The van der Waals surface area contributed by atoms with Crippen molar-refractivity contribution >= 4 is 28.3 Å². The van der Waals surface area contributed by atoms with Crippen LogP contribution in [-0.2, 0) is 33.6 Å². The lowest BCUT2D eigenvalue weighted by Crippen LogP contribution is -2.24. The third-order valence-corrected chi connectivity index (χ3v) is 5.44. The van der Waals surface area contributed by atoms with Gasteiger partial charge in [-0.2, -0.15) is 0 Å². The van der Waals surface area contributed by atoms with Gasteiger partial charge in [-0.25, -0.2) is 4.98 Å². The molecule has 0 bridgehead atoms. The van der Waals surface area contributed by atoms with Crippen LogP contribution in [0.1, 0.15) is 36.4 Å². The van der Waals surface area contributed by atoms with E-state index in [9.17, 15) is 9.59 Å². The normalized spacial score (nSPS) is 15.7. The molecule has 1 atom stereocenters. The van der Waals surface area contributed by atoms with Gasteiger partial charge >= 0.3 is 5.97 Å². The average Bonchev–Trinajstić information content (AvgIpc) is 3.05. The Labute approximate surface area is 162 Å². The van der Waals surface area contributed by atoms with Crippen molar-refractivity contribution in [2.45, 2.75) is 39.5 Å². The Hall–Kier alpha value is -2.41. The van der Waals surface area contributed by atoms with Gasteiger partial charge in [0.1, 0.15) is 5.75 Å². The lowest BCUT2D eigenvalue weighted by molar-refractivity contribution is -0.148. The molecule has 1 N–H and O–H groups in total. The van der Waals surface area contributed by atoms with E-state index in [0.29, 0.717) is 24.8 Å². The van der Waals surface area contributed by atoms with Crippen LogP contribution in [0.5, 0.6) is 5.75 Å². The molecule has 3 rings (SSSR count). The van der Waals surface area contributed by atoms with E-state index in [4.69, 9.17) is 9.47 Å². The van der Waals surface area contributed by atoms with Gasteiger partial charge in [0.05, 0.1) is 31.2 Å². The summed E-state index contributed by atoms with van der Waals surface area (Å²) in [7, 11) is 0. The van der Waals surface area contributed by atoms with Gasteiger partial charge in [-0.05, 0) is 50.8 Å². The van der Waals surface area contributed by atoms with Crippen molar-refractivity contribution in [3.05, 3.63) is 40.4 Å². The molecule has 6 nitrogen and oxygen atoms in total. The van der Waals surface area contributed by atoms with Crippen molar-refractivity contribution in [3.8, 4) is 5.75 Å². The Balaban J connectivity index is 1.57. The zero-order chi connectivity index (χ0) is 19.2. The number of ether oxygens (including phenoxy) is 2. The highest BCUT2D eigenvalue weighted by Crippen LogP contribution is 2.33. The molecular formula is C20H24N2O4S. The van der Waals surface area contributed by atoms with E-state index >= 15 is 0 Å². The van der Waals surface area contributed by atoms with Crippen molar-refractivity contribution < 1.29 is 19.1 Å². The van der Waals surface area contributed by atoms with Gasteiger partial charge in [0.2, 0.25) is 5.91 Å². The van der Waals surface area contributed by atoms with E-state index in [-0.39, 0.29) is 24.2 Å². The van der Waals surface area contributed by atoms with Crippen LogP contribution in [0.3, 0.4) is 0 Å². The van der Waals surface area contributed by atoms with Crippen LogP contribution in [0, 0.1) is 5.92 Å². The highest BCUT2D eigenvalue weighted by Gasteiger charge is 2.28. The van der Waals surface area contributed by atoms with Crippen LogP contribution in [-0.4, -0.2) is 30.1 Å². The Kier molecular flexibility index (Phi) is 6.45. The molecule has 144 valence electrons. The SMILES string of the molecule is CCOC(=O)C1CCc2nc(NC(=O)Cc3ccc(OCC)cc3)sc2C1. The lowest BCUT2D eigenvalue weighted by atomic mass is 9.91. The van der Waals surface area contributed by atoms with Crippen LogP contribution in [0.15, 0.2) is 24.3 Å². The van der Waals surface area contributed by atoms with E-state index in [1.54, 1.807) is 0 Å². The first kappa shape index (κ1) is 19.4. The van der Waals surface area contributed by atoms with Crippen LogP contribution >= 0.6 is 11.3 Å². The summed E-state index contributed by atoms with van der Waals surface area (Å²) in [5, 5.41) is 3.48. The summed E-state index contributed by atoms with van der Waals surface area (Å²) in [6.07, 6.45) is 2.40. The minimum Gasteiger partial charge on any atom is -0.494 e. The molecule has 0 aliphatic heterocycles. The van der Waals surface area contributed by atoms with Gasteiger partial charge in [-0.1, -0.05) is 12.1 Å². The minimum absolute atomic E-state index is 0.104. The number of nitrogens with one attached hydrogen (secondary N) is 1. The number of thiazole rings is 1. The van der Waals surface area contributed by atoms with E-state index in [1.807, 2.05) is 38.1 Å². The molecule has 0 fully saturated rings. The number of fused-ring (bicyclic) bond motifs is 1. The van der Waals surface area contributed by atoms with Crippen molar-refractivity contribution in [3.63, 3.8) is 0 Å². The number of carbonyl (C=O) groups excluding carboxylic acids is 2. The number of esters is 1. The quantitative estimate of drug-likeness (QED) is 0.736. The predicted molar refractivity (Wildman–Crippen MR) is 104 cm³/mol. The van der Waals surface area contributed by atoms with Gasteiger partial charge < -0.3 is 14.8 Å². The molecule has 1 aliphatic rings. The second-order valence-corrected chi connectivity index (χ2v) is 7.47. The molecule has 1 heterocycles. The first-order valence-corrected chi connectivity index (χ1v) is 10.1. The first-order chi connectivity index (χ1) is 13.1. The van der Waals surface area contributed by atoms with Crippen LogP contribution in [0.4, 0.5) is 5.13 Å². The highest BCUT2D eigenvalue weighted by atomic mass is 32.1. The number of benzene rings is 1. The Morgan fingerprint density at radius 2 is 2.00 bits per heavy atom. The van der Waals surface area contributed by atoms with Gasteiger partial charge in [0.15, 0.2) is 5.13 Å². The monoisotopic (exact) mass is 388 g/mol. The standard InChI is InChI=1S/C20H24N2O4S/c1-3-25-15-8-5-13(6-9-15)11-18(23)22-20-21-16-10-7-14(12-17(16)27-20)19(24)26-4-2/h5-6,8-9,14H,3-4,7,10-12H2,1-2H3,(H,21,22,23). The molecule has 0 spiro atoms. The summed E-state index contributed by atoms with van der Waals surface area (Å²) in [5.41, 5.74) is 1.90. The summed E-state index contributed by atoms with van der Waals surface area (Å²) in [5.74, 6) is 0.445. The van der Waals surface area contributed by atoms with E-state index in [0.717, 1.165) is 34.7 Å². The maximum atomic E-state index is 12.3. The van der Waals surface area contributed by atoms with Crippen LogP contribution in [0.2, 0.25) is 0 Å². The number of rotatable bonds is 7. The minimum atomic E-state index is -0.141. The zero-order valence-electron chi connectivity index (χ0n) is 15.6. The summed E-state index contributed by atoms with van der Waals surface area (Å²) < 4.78 is 10.5. The molecule has 0 saturated carbocycles. The number of aromatic nitrogens is 1. The Morgan fingerprint density at radius 3 is 2.70 bits per heavy atom. The maximum absolute atomic E-state index is 12.3. The Morgan fingerprint density at radius 1 is 1.22 bits per heavy atom. The van der Waals surface area contributed by atoms with Crippen molar-refractivity contribution in [1.82, 2.24) is 4.98 Å². The van der Waals surface area contributed by atoms with Gasteiger partial charge in [0.25, 0.3) is 0 Å². The first-order valence-electron chi connectivity index (χ1n) is 9.25. The van der Waals surface area contributed by atoms with Crippen molar-refractivity contribution in [1.29, 1.82) is 0 Å². The number of amides is 1. The fourth-order valence-corrected chi connectivity index (χ4v) is 4.21. The average molecular weight is 388 g/mol. The molecule has 1 aliphatic carbocycles. The van der Waals surface area contributed by atoms with Crippen molar-refractivity contribution in [2.24, 2.45) is 5.92 Å². The number of hydrogen-bond donors (Lipinski definition) is 1. The summed E-state index contributed by atoms with van der Waals surface area (Å²) >= 11 is 1.45. The number of aryl methyl sites for hydroxylation is 1. The molecule has 0 radical (unpaired) electrons. The summed E-state index contributed by atoms with van der Waals surface area (Å²) in [6, 6.07) is 7.51. The van der Waals surface area contributed by atoms with E-state index < -0.39 is 0 Å². The van der Waals surface area contributed by atoms with Gasteiger partial charge in [0, 0.05) is 4.88 Å². The number of hydrogen-bond acceptors (Lipinski definition) is 6.